The van der Waals surface area contributed by atoms with E-state index in [4.69, 9.17) is 0 Å². The van der Waals surface area contributed by atoms with Gasteiger partial charge in [-0.15, -0.1) is 0 Å². The number of rotatable bonds is 5. The van der Waals surface area contributed by atoms with E-state index in [0.29, 0.717) is 23.3 Å². The van der Waals surface area contributed by atoms with Crippen molar-refractivity contribution in [3.8, 4) is 5.75 Å². The first kappa shape index (κ1) is 27.0. The van der Waals surface area contributed by atoms with Crippen molar-refractivity contribution in [3.05, 3.63) is 130 Å². The third-order valence-electron chi connectivity index (χ3n) is 6.59. The molecule has 0 aliphatic rings. The van der Waals surface area contributed by atoms with Crippen LogP contribution >= 0.6 is 0 Å². The number of phenols is 1. The van der Waals surface area contributed by atoms with E-state index >= 15 is 0 Å². The van der Waals surface area contributed by atoms with Crippen molar-refractivity contribution in [2.75, 3.05) is 0 Å². The largest absolute Gasteiger partial charge is 0.507 e. The number of hydrogen-bond donors (Lipinski definition) is 1. The van der Waals surface area contributed by atoms with Gasteiger partial charge >= 0.3 is 12.4 Å². The fraction of sp³-hybridized carbons (Fsp3) is 0.167. The van der Waals surface area contributed by atoms with E-state index in [1.54, 1.807) is 19.1 Å². The molecule has 196 valence electrons. The van der Waals surface area contributed by atoms with Crippen molar-refractivity contribution in [2.45, 2.75) is 31.6 Å². The summed E-state index contributed by atoms with van der Waals surface area (Å²) in [6.45, 7) is 3.60. The number of nitrogens with zero attached hydrogens (tertiary/aromatic N) is 1. The van der Waals surface area contributed by atoms with Crippen LogP contribution in [0.4, 0.5) is 32.0 Å². The SMILES string of the molecule is Cc1ccc(C(C)(c2ccccc2)c2ccccc2)c(O)c1C=Nc1cc(C(F)(F)F)cc(C(F)(F)F)c1. The number of alkyl halides is 6. The second kappa shape index (κ2) is 10.0. The number of aliphatic imine (C=N–C) groups is 1. The van der Waals surface area contributed by atoms with Crippen molar-refractivity contribution < 1.29 is 31.4 Å². The molecule has 0 saturated carbocycles. The Morgan fingerprint density at radius 1 is 0.658 bits per heavy atom. The van der Waals surface area contributed by atoms with Crippen molar-refractivity contribution >= 4 is 11.9 Å². The number of hydrogen-bond acceptors (Lipinski definition) is 2. The molecule has 0 amide bonds. The second-order valence-corrected chi connectivity index (χ2v) is 9.07. The highest BCUT2D eigenvalue weighted by Gasteiger charge is 2.37. The highest BCUT2D eigenvalue weighted by atomic mass is 19.4. The molecule has 0 aliphatic heterocycles. The molecule has 0 aromatic heterocycles. The number of aryl methyl sites for hydroxylation is 1. The van der Waals surface area contributed by atoms with Crippen molar-refractivity contribution in [3.63, 3.8) is 0 Å². The average Bonchev–Trinajstić information content (AvgIpc) is 2.88. The van der Waals surface area contributed by atoms with E-state index in [-0.39, 0.29) is 17.4 Å². The van der Waals surface area contributed by atoms with Crippen molar-refractivity contribution in [2.24, 2.45) is 4.99 Å². The van der Waals surface area contributed by atoms with Crippen LogP contribution in [0.2, 0.25) is 0 Å². The van der Waals surface area contributed by atoms with Crippen LogP contribution in [0.1, 0.15) is 45.9 Å². The average molecular weight is 528 g/mol. The molecule has 38 heavy (non-hydrogen) atoms. The maximum Gasteiger partial charge on any atom is 0.416 e. The van der Waals surface area contributed by atoms with Gasteiger partial charge in [0.15, 0.2) is 0 Å². The molecule has 0 bridgehead atoms. The van der Waals surface area contributed by atoms with Crippen LogP contribution in [0.25, 0.3) is 0 Å². The summed E-state index contributed by atoms with van der Waals surface area (Å²) in [5, 5.41) is 11.4. The zero-order valence-corrected chi connectivity index (χ0v) is 20.4. The van der Waals surface area contributed by atoms with Crippen LogP contribution in [-0.4, -0.2) is 11.3 Å². The minimum Gasteiger partial charge on any atom is -0.507 e. The quantitative estimate of drug-likeness (QED) is 0.157. The lowest BCUT2D eigenvalue weighted by Crippen LogP contribution is -2.25. The topological polar surface area (TPSA) is 32.6 Å². The normalized spacial score (nSPS) is 12.7. The van der Waals surface area contributed by atoms with E-state index in [0.717, 1.165) is 17.3 Å². The standard InChI is InChI=1S/C30H23F6NO/c1-19-13-14-26(28(2,20-9-5-3-6-10-20)21-11-7-4-8-12-21)27(38)25(19)18-37-24-16-22(29(31,32)33)15-23(17-24)30(34,35)36/h3-18,38H,1-2H3. The van der Waals surface area contributed by atoms with Gasteiger partial charge in [0.05, 0.1) is 16.8 Å². The zero-order chi connectivity index (χ0) is 27.7. The molecular formula is C30H23F6NO. The molecule has 4 rings (SSSR count). The summed E-state index contributed by atoms with van der Waals surface area (Å²) >= 11 is 0. The summed E-state index contributed by atoms with van der Waals surface area (Å²) in [6, 6.07) is 23.5. The van der Waals surface area contributed by atoms with Gasteiger partial charge in [-0.25, -0.2) is 0 Å². The summed E-state index contributed by atoms with van der Waals surface area (Å²) < 4.78 is 79.6. The van der Waals surface area contributed by atoms with Crippen LogP contribution in [0, 0.1) is 6.92 Å². The summed E-state index contributed by atoms with van der Waals surface area (Å²) in [4.78, 5) is 3.93. The lowest BCUT2D eigenvalue weighted by Gasteiger charge is -2.33. The summed E-state index contributed by atoms with van der Waals surface area (Å²) in [5.41, 5.74) is -1.31. The predicted octanol–water partition coefficient (Wildman–Crippen LogP) is 8.84. The Balaban J connectivity index is 1.87. The van der Waals surface area contributed by atoms with Gasteiger partial charge in [-0.05, 0) is 48.7 Å². The van der Waals surface area contributed by atoms with E-state index in [9.17, 15) is 31.4 Å². The third kappa shape index (κ3) is 5.30. The molecule has 0 atom stereocenters. The van der Waals surface area contributed by atoms with Gasteiger partial charge < -0.3 is 5.11 Å². The molecule has 0 fully saturated rings. The smallest absolute Gasteiger partial charge is 0.416 e. The highest BCUT2D eigenvalue weighted by Crippen LogP contribution is 2.44. The Morgan fingerprint density at radius 3 is 1.58 bits per heavy atom. The molecule has 2 nitrogen and oxygen atoms in total. The van der Waals surface area contributed by atoms with Gasteiger partial charge in [0.25, 0.3) is 0 Å². The van der Waals surface area contributed by atoms with E-state index < -0.39 is 34.6 Å². The van der Waals surface area contributed by atoms with E-state index in [2.05, 4.69) is 4.99 Å². The minimum absolute atomic E-state index is 0.0491. The summed E-state index contributed by atoms with van der Waals surface area (Å²) in [6.07, 6.45) is -8.88. The van der Waals surface area contributed by atoms with Crippen LogP contribution < -0.4 is 0 Å². The number of benzene rings is 4. The lowest BCUT2D eigenvalue weighted by molar-refractivity contribution is -0.143. The molecule has 0 spiro atoms. The Bertz CT molecular complexity index is 1390. The number of aromatic hydroxyl groups is 1. The lowest BCUT2D eigenvalue weighted by atomic mass is 9.70. The van der Waals surface area contributed by atoms with Crippen LogP contribution in [0.3, 0.4) is 0 Å². The first-order valence-electron chi connectivity index (χ1n) is 11.6. The van der Waals surface area contributed by atoms with Gasteiger partial charge in [-0.1, -0.05) is 72.8 Å². The molecule has 0 unspecified atom stereocenters. The number of phenolic OH excluding ortho intramolecular Hbond substituents is 1. The monoisotopic (exact) mass is 527 g/mol. The van der Waals surface area contributed by atoms with Crippen LogP contribution in [0.5, 0.6) is 5.75 Å². The minimum atomic E-state index is -4.99. The van der Waals surface area contributed by atoms with Crippen molar-refractivity contribution in [1.82, 2.24) is 0 Å². The van der Waals surface area contributed by atoms with E-state index in [1.165, 1.54) is 0 Å². The Labute approximate surface area is 215 Å². The van der Waals surface area contributed by atoms with Gasteiger partial charge in [0.2, 0.25) is 0 Å². The zero-order valence-electron chi connectivity index (χ0n) is 20.4. The number of halogens is 6. The predicted molar refractivity (Wildman–Crippen MR) is 135 cm³/mol. The first-order chi connectivity index (χ1) is 17.8. The molecule has 0 saturated heterocycles. The molecule has 4 aromatic rings. The Morgan fingerprint density at radius 2 is 1.13 bits per heavy atom. The molecule has 8 heteroatoms. The fourth-order valence-corrected chi connectivity index (χ4v) is 4.45. The molecule has 0 heterocycles. The van der Waals surface area contributed by atoms with Crippen molar-refractivity contribution in [1.29, 1.82) is 0 Å². The Hall–Kier alpha value is -4.07. The first-order valence-corrected chi connectivity index (χ1v) is 11.6. The van der Waals surface area contributed by atoms with Gasteiger partial charge in [0.1, 0.15) is 5.75 Å². The highest BCUT2D eigenvalue weighted by molar-refractivity contribution is 5.88. The summed E-state index contributed by atoms with van der Waals surface area (Å²) in [5.74, 6) is -0.174. The van der Waals surface area contributed by atoms with E-state index in [1.807, 2.05) is 67.6 Å². The fourth-order valence-electron chi connectivity index (χ4n) is 4.45. The summed E-state index contributed by atoms with van der Waals surface area (Å²) in [7, 11) is 0. The Kier molecular flexibility index (Phi) is 7.10. The molecule has 4 aromatic carbocycles. The van der Waals surface area contributed by atoms with Gasteiger partial charge in [0, 0.05) is 22.8 Å². The van der Waals surface area contributed by atoms with Gasteiger partial charge in [-0.3, -0.25) is 4.99 Å². The maximum atomic E-state index is 13.3. The van der Waals surface area contributed by atoms with Crippen LogP contribution in [0.15, 0.2) is 96.0 Å². The maximum absolute atomic E-state index is 13.3. The second-order valence-electron chi connectivity index (χ2n) is 9.07. The van der Waals surface area contributed by atoms with Crippen LogP contribution in [-0.2, 0) is 17.8 Å². The third-order valence-corrected chi connectivity index (χ3v) is 6.59. The molecular weight excluding hydrogens is 504 g/mol. The van der Waals surface area contributed by atoms with Gasteiger partial charge in [-0.2, -0.15) is 26.3 Å². The molecule has 0 radical (unpaired) electrons. The molecule has 1 N–H and O–H groups in total. The molecule has 0 aliphatic carbocycles.